The smallest absolute Gasteiger partial charge is 0.319 e. The number of rotatable bonds is 2. The summed E-state index contributed by atoms with van der Waals surface area (Å²) in [6.07, 6.45) is 0. The fourth-order valence-electron chi connectivity index (χ4n) is 0.983. The molecule has 1 rings (SSSR count). The fourth-order valence-corrected chi connectivity index (χ4v) is 1.51. The Morgan fingerprint density at radius 3 is 2.57 bits per heavy atom. The molecule has 2 amide bonds. The molecule has 76 valence electrons. The van der Waals surface area contributed by atoms with Crippen LogP contribution in [0.2, 0.25) is 0 Å². The van der Waals surface area contributed by atoms with Crippen molar-refractivity contribution in [1.29, 1.82) is 0 Å². The first-order valence-corrected chi connectivity index (χ1v) is 5.49. The van der Waals surface area contributed by atoms with E-state index in [1.54, 1.807) is 0 Å². The van der Waals surface area contributed by atoms with E-state index in [0.29, 0.717) is 0 Å². The molecule has 0 aliphatic rings. The number of benzene rings is 1. The van der Waals surface area contributed by atoms with Crippen molar-refractivity contribution in [2.45, 2.75) is 19.9 Å². The molecule has 0 atom stereocenters. The predicted molar refractivity (Wildman–Crippen MR) is 66.4 cm³/mol. The summed E-state index contributed by atoms with van der Waals surface area (Å²) >= 11 is 2.18. The van der Waals surface area contributed by atoms with Crippen LogP contribution in [-0.2, 0) is 0 Å². The van der Waals surface area contributed by atoms with Crippen molar-refractivity contribution >= 4 is 34.3 Å². The van der Waals surface area contributed by atoms with Crippen LogP contribution in [0.4, 0.5) is 10.5 Å². The van der Waals surface area contributed by atoms with Gasteiger partial charge in [0.05, 0.1) is 5.69 Å². The average Bonchev–Trinajstić information content (AvgIpc) is 2.07. The number of carbonyl (C=O) groups is 1. The Labute approximate surface area is 97.4 Å². The van der Waals surface area contributed by atoms with Gasteiger partial charge in [0.25, 0.3) is 0 Å². The Kier molecular flexibility index (Phi) is 4.19. The lowest BCUT2D eigenvalue weighted by Gasteiger charge is -2.10. The van der Waals surface area contributed by atoms with Gasteiger partial charge >= 0.3 is 6.03 Å². The Bertz CT molecular complexity index is 326. The summed E-state index contributed by atoms with van der Waals surface area (Å²) in [5, 5.41) is 5.55. The Morgan fingerprint density at radius 1 is 1.36 bits per heavy atom. The number of amides is 2. The zero-order chi connectivity index (χ0) is 10.6. The highest BCUT2D eigenvalue weighted by Gasteiger charge is 2.04. The van der Waals surface area contributed by atoms with Crippen molar-refractivity contribution in [2.24, 2.45) is 0 Å². The molecule has 0 fully saturated rings. The van der Waals surface area contributed by atoms with Crippen LogP contribution in [0.15, 0.2) is 24.3 Å². The summed E-state index contributed by atoms with van der Waals surface area (Å²) in [6.45, 7) is 3.85. The molecular weight excluding hydrogens is 291 g/mol. The van der Waals surface area contributed by atoms with Gasteiger partial charge in [-0.15, -0.1) is 0 Å². The lowest BCUT2D eigenvalue weighted by atomic mass is 10.3. The first-order valence-electron chi connectivity index (χ1n) is 4.41. The predicted octanol–water partition coefficient (Wildman–Crippen LogP) is 2.82. The highest BCUT2D eigenvalue weighted by atomic mass is 127. The van der Waals surface area contributed by atoms with Gasteiger partial charge in [-0.3, -0.25) is 0 Å². The van der Waals surface area contributed by atoms with Crippen LogP contribution in [-0.4, -0.2) is 12.1 Å². The highest BCUT2D eigenvalue weighted by molar-refractivity contribution is 14.1. The normalized spacial score (nSPS) is 10.0. The fraction of sp³-hybridized carbons (Fsp3) is 0.300. The molecule has 0 heterocycles. The lowest BCUT2D eigenvalue weighted by Crippen LogP contribution is -2.34. The monoisotopic (exact) mass is 304 g/mol. The van der Waals surface area contributed by atoms with E-state index in [1.165, 1.54) is 0 Å². The molecule has 4 heteroatoms. The molecular formula is C10H13IN2O. The molecule has 0 bridgehead atoms. The molecule has 0 aromatic heterocycles. The van der Waals surface area contributed by atoms with Crippen molar-refractivity contribution in [3.05, 3.63) is 27.8 Å². The number of carbonyl (C=O) groups excluding carboxylic acids is 1. The van der Waals surface area contributed by atoms with Gasteiger partial charge in [0, 0.05) is 9.61 Å². The second-order valence-electron chi connectivity index (χ2n) is 3.23. The Hall–Kier alpha value is -0.780. The SMILES string of the molecule is CC(C)NC(=O)Nc1ccccc1I. The summed E-state index contributed by atoms with van der Waals surface area (Å²) < 4.78 is 1.03. The van der Waals surface area contributed by atoms with Crippen LogP contribution in [0.25, 0.3) is 0 Å². The number of anilines is 1. The van der Waals surface area contributed by atoms with Crippen molar-refractivity contribution in [2.75, 3.05) is 5.32 Å². The minimum Gasteiger partial charge on any atom is -0.336 e. The topological polar surface area (TPSA) is 41.1 Å². The van der Waals surface area contributed by atoms with Gasteiger partial charge in [-0.05, 0) is 48.6 Å². The largest absolute Gasteiger partial charge is 0.336 e. The summed E-state index contributed by atoms with van der Waals surface area (Å²) in [5.74, 6) is 0. The van der Waals surface area contributed by atoms with Gasteiger partial charge in [-0.1, -0.05) is 12.1 Å². The van der Waals surface area contributed by atoms with Crippen LogP contribution in [0, 0.1) is 3.57 Å². The number of hydrogen-bond donors (Lipinski definition) is 2. The minimum atomic E-state index is -0.163. The molecule has 1 aromatic rings. The summed E-state index contributed by atoms with van der Waals surface area (Å²) in [7, 11) is 0. The summed E-state index contributed by atoms with van der Waals surface area (Å²) in [6, 6.07) is 7.65. The average molecular weight is 304 g/mol. The van der Waals surface area contributed by atoms with Crippen LogP contribution in [0.1, 0.15) is 13.8 Å². The third kappa shape index (κ3) is 3.53. The maximum absolute atomic E-state index is 11.3. The molecule has 0 saturated carbocycles. The maximum atomic E-state index is 11.3. The van der Waals surface area contributed by atoms with E-state index in [-0.39, 0.29) is 12.1 Å². The number of halogens is 1. The molecule has 0 aliphatic heterocycles. The molecule has 1 aromatic carbocycles. The van der Waals surface area contributed by atoms with E-state index in [9.17, 15) is 4.79 Å². The van der Waals surface area contributed by atoms with Gasteiger partial charge in [0.2, 0.25) is 0 Å². The van der Waals surface area contributed by atoms with Crippen molar-refractivity contribution in [3.63, 3.8) is 0 Å². The number of para-hydroxylation sites is 1. The molecule has 3 nitrogen and oxygen atoms in total. The number of hydrogen-bond acceptors (Lipinski definition) is 1. The van der Waals surface area contributed by atoms with E-state index in [1.807, 2.05) is 38.1 Å². The summed E-state index contributed by atoms with van der Waals surface area (Å²) in [5.41, 5.74) is 0.839. The molecule has 0 spiro atoms. The second kappa shape index (κ2) is 5.19. The first kappa shape index (κ1) is 11.3. The first-order chi connectivity index (χ1) is 6.59. The number of nitrogens with one attached hydrogen (secondary N) is 2. The lowest BCUT2D eigenvalue weighted by molar-refractivity contribution is 0.250. The Balaban J connectivity index is 2.61. The van der Waals surface area contributed by atoms with Gasteiger partial charge in [-0.25, -0.2) is 4.79 Å². The molecule has 0 unspecified atom stereocenters. The van der Waals surface area contributed by atoms with Crippen LogP contribution in [0.5, 0.6) is 0 Å². The van der Waals surface area contributed by atoms with Gasteiger partial charge < -0.3 is 10.6 Å². The van der Waals surface area contributed by atoms with E-state index in [2.05, 4.69) is 33.2 Å². The van der Waals surface area contributed by atoms with E-state index in [4.69, 9.17) is 0 Å². The standard InChI is InChI=1S/C10H13IN2O/c1-7(2)12-10(14)13-9-6-4-3-5-8(9)11/h3-7H,1-2H3,(H2,12,13,14). The van der Waals surface area contributed by atoms with Gasteiger partial charge in [-0.2, -0.15) is 0 Å². The summed E-state index contributed by atoms with van der Waals surface area (Å²) in [4.78, 5) is 11.3. The van der Waals surface area contributed by atoms with E-state index < -0.39 is 0 Å². The molecule has 0 radical (unpaired) electrons. The molecule has 0 aliphatic carbocycles. The second-order valence-corrected chi connectivity index (χ2v) is 4.40. The van der Waals surface area contributed by atoms with Gasteiger partial charge in [0.15, 0.2) is 0 Å². The highest BCUT2D eigenvalue weighted by Crippen LogP contribution is 2.16. The quantitative estimate of drug-likeness (QED) is 0.811. The van der Waals surface area contributed by atoms with Crippen LogP contribution < -0.4 is 10.6 Å². The maximum Gasteiger partial charge on any atom is 0.319 e. The third-order valence-electron chi connectivity index (χ3n) is 1.54. The minimum absolute atomic E-state index is 0.149. The number of urea groups is 1. The zero-order valence-corrected chi connectivity index (χ0v) is 10.3. The van der Waals surface area contributed by atoms with Crippen molar-refractivity contribution in [3.8, 4) is 0 Å². The van der Waals surface area contributed by atoms with Crippen molar-refractivity contribution < 1.29 is 4.79 Å². The Morgan fingerprint density at radius 2 is 2.00 bits per heavy atom. The zero-order valence-electron chi connectivity index (χ0n) is 8.17. The third-order valence-corrected chi connectivity index (χ3v) is 2.48. The van der Waals surface area contributed by atoms with E-state index in [0.717, 1.165) is 9.26 Å². The van der Waals surface area contributed by atoms with Crippen LogP contribution in [0.3, 0.4) is 0 Å². The van der Waals surface area contributed by atoms with Gasteiger partial charge in [0.1, 0.15) is 0 Å². The van der Waals surface area contributed by atoms with Crippen LogP contribution >= 0.6 is 22.6 Å². The molecule has 2 N–H and O–H groups in total. The molecule has 14 heavy (non-hydrogen) atoms. The van der Waals surface area contributed by atoms with E-state index >= 15 is 0 Å². The van der Waals surface area contributed by atoms with Crippen molar-refractivity contribution in [1.82, 2.24) is 5.32 Å². The molecule has 0 saturated heterocycles.